The fraction of sp³-hybridized carbons (Fsp3) is 0.100. The Morgan fingerprint density at radius 2 is 1.72 bits per heavy atom. The largest absolute Gasteiger partial charge is 0.545 e. The van der Waals surface area contributed by atoms with Crippen LogP contribution >= 0.6 is 15.9 Å². The number of carboxylic acid groups (broad SMARTS) is 1. The molecule has 0 bridgehead atoms. The van der Waals surface area contributed by atoms with Gasteiger partial charge in [0, 0.05) is 33.3 Å². The van der Waals surface area contributed by atoms with Crippen molar-refractivity contribution in [2.75, 3.05) is 0 Å². The van der Waals surface area contributed by atoms with Crippen molar-refractivity contribution in [2.45, 2.75) is 13.8 Å². The Bertz CT molecular complexity index is 939. The second-order valence-corrected chi connectivity index (χ2v) is 6.65. The molecule has 0 saturated carbocycles. The van der Waals surface area contributed by atoms with Gasteiger partial charge in [0.2, 0.25) is 0 Å². The molecule has 0 radical (unpaired) electrons. The molecule has 0 fully saturated rings. The van der Waals surface area contributed by atoms with E-state index in [4.69, 9.17) is 0 Å². The molecule has 25 heavy (non-hydrogen) atoms. The highest BCUT2D eigenvalue weighted by Crippen LogP contribution is 2.22. The minimum absolute atomic E-state index is 0.146. The summed E-state index contributed by atoms with van der Waals surface area (Å²) in [6, 6.07) is 16.5. The number of benzene rings is 2. The van der Waals surface area contributed by atoms with Gasteiger partial charge in [-0.05, 0) is 61.9 Å². The first-order valence-electron chi connectivity index (χ1n) is 7.76. The Hall–Kier alpha value is -2.66. The van der Waals surface area contributed by atoms with Crippen LogP contribution in [0.3, 0.4) is 0 Å². The summed E-state index contributed by atoms with van der Waals surface area (Å²) in [4.78, 5) is 15.2. The SMILES string of the molecule is Cc1cc(C=Nc2ccc(C(=O)[O-])cc2)c(C)n1-c1ccc(Br)cc1. The molecule has 5 heteroatoms. The Labute approximate surface area is 154 Å². The van der Waals surface area contributed by atoms with Gasteiger partial charge < -0.3 is 14.5 Å². The van der Waals surface area contributed by atoms with E-state index >= 15 is 0 Å². The van der Waals surface area contributed by atoms with Crippen molar-refractivity contribution in [3.63, 3.8) is 0 Å². The standard InChI is InChI=1S/C20H17BrN2O2/c1-13-11-16(12-22-18-7-3-15(4-8-18)20(24)25)14(2)23(13)19-9-5-17(21)6-10-19/h3-12H,1-2H3,(H,24,25)/p-1. The number of hydrogen-bond acceptors (Lipinski definition) is 3. The zero-order valence-electron chi connectivity index (χ0n) is 13.9. The number of carboxylic acids is 1. The van der Waals surface area contributed by atoms with Crippen LogP contribution in [-0.4, -0.2) is 16.8 Å². The van der Waals surface area contributed by atoms with Gasteiger partial charge in [-0.3, -0.25) is 4.99 Å². The van der Waals surface area contributed by atoms with E-state index in [1.165, 1.54) is 12.1 Å². The molecule has 0 aliphatic rings. The van der Waals surface area contributed by atoms with Gasteiger partial charge in [-0.2, -0.15) is 0 Å². The van der Waals surface area contributed by atoms with Crippen LogP contribution in [0.5, 0.6) is 0 Å². The van der Waals surface area contributed by atoms with Gasteiger partial charge in [-0.15, -0.1) is 0 Å². The number of carbonyl (C=O) groups is 1. The van der Waals surface area contributed by atoms with E-state index in [0.29, 0.717) is 5.69 Å². The van der Waals surface area contributed by atoms with E-state index in [1.807, 2.05) is 12.1 Å². The van der Waals surface area contributed by atoms with Crippen LogP contribution in [0.15, 0.2) is 64.1 Å². The highest BCUT2D eigenvalue weighted by atomic mass is 79.9. The number of aromatic nitrogens is 1. The molecule has 0 unspecified atom stereocenters. The van der Waals surface area contributed by atoms with Crippen LogP contribution in [0.4, 0.5) is 5.69 Å². The lowest BCUT2D eigenvalue weighted by atomic mass is 10.2. The van der Waals surface area contributed by atoms with Gasteiger partial charge in [-0.25, -0.2) is 0 Å². The summed E-state index contributed by atoms with van der Waals surface area (Å²) in [5.74, 6) is -1.19. The maximum absolute atomic E-state index is 10.8. The van der Waals surface area contributed by atoms with E-state index in [2.05, 4.69) is 57.5 Å². The lowest BCUT2D eigenvalue weighted by Crippen LogP contribution is -2.21. The summed E-state index contributed by atoms with van der Waals surface area (Å²) in [5.41, 5.74) is 5.16. The van der Waals surface area contributed by atoms with E-state index in [0.717, 1.165) is 27.1 Å². The summed E-state index contributed by atoms with van der Waals surface area (Å²) in [6.45, 7) is 4.11. The molecule has 1 aromatic heterocycles. The number of rotatable bonds is 4. The van der Waals surface area contributed by atoms with Gasteiger partial charge in [0.15, 0.2) is 0 Å². The van der Waals surface area contributed by atoms with Gasteiger partial charge in [-0.1, -0.05) is 28.1 Å². The van der Waals surface area contributed by atoms with Gasteiger partial charge >= 0.3 is 0 Å². The van der Waals surface area contributed by atoms with Crippen LogP contribution in [-0.2, 0) is 0 Å². The first-order chi connectivity index (χ1) is 12.0. The molecule has 3 aromatic rings. The first-order valence-corrected chi connectivity index (χ1v) is 8.55. The van der Waals surface area contributed by atoms with Gasteiger partial charge in [0.05, 0.1) is 11.7 Å². The van der Waals surface area contributed by atoms with Crippen molar-refractivity contribution in [2.24, 2.45) is 4.99 Å². The molecule has 0 amide bonds. The number of aliphatic imine (C=N–C) groups is 1. The van der Waals surface area contributed by atoms with Crippen LogP contribution in [0.1, 0.15) is 27.3 Å². The predicted octanol–water partition coefficient (Wildman–Crippen LogP) is 3.97. The third kappa shape index (κ3) is 3.72. The molecule has 0 N–H and O–H groups in total. The molecule has 2 aromatic carbocycles. The van der Waals surface area contributed by atoms with Crippen molar-refractivity contribution in [1.29, 1.82) is 0 Å². The maximum Gasteiger partial charge on any atom is 0.0715 e. The maximum atomic E-state index is 10.8. The molecule has 0 saturated heterocycles. The lowest BCUT2D eigenvalue weighted by Gasteiger charge is -2.09. The third-order valence-corrected chi connectivity index (χ3v) is 4.54. The number of nitrogens with zero attached hydrogens (tertiary/aromatic N) is 2. The quantitative estimate of drug-likeness (QED) is 0.627. The van der Waals surface area contributed by atoms with Gasteiger partial charge in [0.1, 0.15) is 0 Å². The molecule has 0 atom stereocenters. The fourth-order valence-corrected chi connectivity index (χ4v) is 3.00. The highest BCUT2D eigenvalue weighted by molar-refractivity contribution is 9.10. The average Bonchev–Trinajstić information content (AvgIpc) is 2.88. The monoisotopic (exact) mass is 395 g/mol. The number of carbonyl (C=O) groups excluding carboxylic acids is 1. The number of aromatic carboxylic acids is 1. The number of halogens is 1. The van der Waals surface area contributed by atoms with Crippen LogP contribution in [0.2, 0.25) is 0 Å². The van der Waals surface area contributed by atoms with Crippen molar-refractivity contribution < 1.29 is 9.90 Å². The molecule has 1 heterocycles. The average molecular weight is 396 g/mol. The summed E-state index contributed by atoms with van der Waals surface area (Å²) >= 11 is 3.45. The van der Waals surface area contributed by atoms with E-state index < -0.39 is 5.97 Å². The van der Waals surface area contributed by atoms with E-state index in [1.54, 1.807) is 18.3 Å². The zero-order chi connectivity index (χ0) is 18.0. The topological polar surface area (TPSA) is 57.4 Å². The van der Waals surface area contributed by atoms with Crippen molar-refractivity contribution in [3.8, 4) is 5.69 Å². The molecule has 3 rings (SSSR count). The summed E-state index contributed by atoms with van der Waals surface area (Å²) in [6.07, 6.45) is 1.80. The van der Waals surface area contributed by atoms with E-state index in [9.17, 15) is 9.90 Å². The lowest BCUT2D eigenvalue weighted by molar-refractivity contribution is -0.255. The summed E-state index contributed by atoms with van der Waals surface area (Å²) in [5, 5.41) is 10.8. The smallest absolute Gasteiger partial charge is 0.0715 e. The third-order valence-electron chi connectivity index (χ3n) is 4.01. The molecular weight excluding hydrogens is 380 g/mol. The summed E-state index contributed by atoms with van der Waals surface area (Å²) in [7, 11) is 0. The molecule has 0 spiro atoms. The Morgan fingerprint density at radius 3 is 2.32 bits per heavy atom. The minimum Gasteiger partial charge on any atom is -0.545 e. The minimum atomic E-state index is -1.19. The molecule has 0 aliphatic carbocycles. The second-order valence-electron chi connectivity index (χ2n) is 5.73. The molecule has 4 nitrogen and oxygen atoms in total. The van der Waals surface area contributed by atoms with Crippen molar-refractivity contribution >= 4 is 33.8 Å². The molecule has 0 aliphatic heterocycles. The van der Waals surface area contributed by atoms with Crippen molar-refractivity contribution in [3.05, 3.63) is 81.6 Å². The first kappa shape index (κ1) is 17.2. The van der Waals surface area contributed by atoms with Crippen LogP contribution in [0.25, 0.3) is 5.69 Å². The molecular formula is C20H16BrN2O2-. The Kier molecular flexibility index (Phi) is 4.86. The normalized spacial score (nSPS) is 11.2. The van der Waals surface area contributed by atoms with Crippen molar-refractivity contribution in [1.82, 2.24) is 4.57 Å². The highest BCUT2D eigenvalue weighted by Gasteiger charge is 2.09. The Morgan fingerprint density at radius 1 is 1.08 bits per heavy atom. The van der Waals surface area contributed by atoms with E-state index in [-0.39, 0.29) is 5.56 Å². The molecule has 126 valence electrons. The summed E-state index contributed by atoms with van der Waals surface area (Å²) < 4.78 is 3.22. The number of aryl methyl sites for hydroxylation is 1. The number of hydrogen-bond donors (Lipinski definition) is 0. The fourth-order valence-electron chi connectivity index (χ4n) is 2.73. The van der Waals surface area contributed by atoms with Crippen LogP contribution in [0, 0.1) is 13.8 Å². The van der Waals surface area contributed by atoms with Gasteiger partial charge in [0.25, 0.3) is 0 Å². The predicted molar refractivity (Wildman–Crippen MR) is 101 cm³/mol. The second kappa shape index (κ2) is 7.07. The Balaban J connectivity index is 1.89. The zero-order valence-corrected chi connectivity index (χ0v) is 15.4. The van der Waals surface area contributed by atoms with Crippen LogP contribution < -0.4 is 5.11 Å².